The van der Waals surface area contributed by atoms with Crippen LogP contribution in [0.5, 0.6) is 0 Å². The minimum atomic E-state index is -1.13. The highest BCUT2D eigenvalue weighted by Gasteiger charge is 2.79. The lowest BCUT2D eigenvalue weighted by Gasteiger charge is -2.41. The first-order valence-corrected chi connectivity index (χ1v) is 13.0. The summed E-state index contributed by atoms with van der Waals surface area (Å²) in [7, 11) is 0. The molecule has 2 amide bonds. The van der Waals surface area contributed by atoms with E-state index < -0.39 is 41.1 Å². The molecule has 8 heteroatoms. The Bertz CT molecular complexity index is 842. The van der Waals surface area contributed by atoms with Gasteiger partial charge >= 0.3 is 5.97 Å². The highest BCUT2D eigenvalue weighted by Crippen LogP contribution is 2.63. The molecule has 0 aromatic rings. The van der Waals surface area contributed by atoms with Crippen molar-refractivity contribution in [3.8, 4) is 0 Å². The predicted molar refractivity (Wildman–Crippen MR) is 132 cm³/mol. The van der Waals surface area contributed by atoms with Gasteiger partial charge < -0.3 is 24.4 Å². The number of hydrogen-bond acceptors (Lipinski definition) is 6. The fourth-order valence-corrected chi connectivity index (χ4v) is 6.50. The summed E-state index contributed by atoms with van der Waals surface area (Å²) >= 11 is 0. The van der Waals surface area contributed by atoms with Crippen LogP contribution in [0.2, 0.25) is 0 Å². The summed E-state index contributed by atoms with van der Waals surface area (Å²) in [5, 5.41) is 10.2. The lowest BCUT2D eigenvalue weighted by Crippen LogP contribution is -2.60. The predicted octanol–water partition coefficient (Wildman–Crippen LogP) is 2.84. The van der Waals surface area contributed by atoms with E-state index in [-0.39, 0.29) is 31.1 Å². The molecule has 0 radical (unpaired) electrons. The van der Waals surface area contributed by atoms with Gasteiger partial charge in [0, 0.05) is 12.6 Å². The van der Waals surface area contributed by atoms with Crippen LogP contribution in [0.15, 0.2) is 25.3 Å². The fourth-order valence-electron chi connectivity index (χ4n) is 6.50. The zero-order valence-electron chi connectivity index (χ0n) is 21.7. The van der Waals surface area contributed by atoms with Gasteiger partial charge in [0.25, 0.3) is 0 Å². The normalized spacial score (nSPS) is 32.8. The van der Waals surface area contributed by atoms with Gasteiger partial charge in [-0.15, -0.1) is 13.2 Å². The number of amides is 2. The SMILES string of the molecule is C=CCCOC(=O)[C@@H]1[C@H]2C(=O)N([C@@H](CC)CO)C(C(=O)N(CC=C)C(C)CCC)C23CC[C@@]1(C)O3. The summed E-state index contributed by atoms with van der Waals surface area (Å²) in [4.78, 5) is 44.8. The summed E-state index contributed by atoms with van der Waals surface area (Å²) in [6.07, 6.45) is 7.12. The first-order chi connectivity index (χ1) is 16.7. The van der Waals surface area contributed by atoms with Crippen LogP contribution in [-0.2, 0) is 23.9 Å². The average molecular weight is 491 g/mol. The van der Waals surface area contributed by atoms with Crippen molar-refractivity contribution < 1.29 is 29.0 Å². The number of aliphatic hydroxyl groups is 1. The quantitative estimate of drug-likeness (QED) is 0.242. The van der Waals surface area contributed by atoms with Gasteiger partial charge in [0.15, 0.2) is 0 Å². The molecular formula is C27H42N2O6. The maximum absolute atomic E-state index is 14.3. The number of ether oxygens (including phenoxy) is 2. The maximum Gasteiger partial charge on any atom is 0.312 e. The molecule has 0 aromatic carbocycles. The van der Waals surface area contributed by atoms with Crippen molar-refractivity contribution >= 4 is 17.8 Å². The van der Waals surface area contributed by atoms with E-state index in [1.165, 1.54) is 4.90 Å². The number of hydrogen-bond donors (Lipinski definition) is 1. The molecule has 35 heavy (non-hydrogen) atoms. The summed E-state index contributed by atoms with van der Waals surface area (Å²) in [5.41, 5.74) is -2.01. The van der Waals surface area contributed by atoms with E-state index in [1.807, 2.05) is 20.8 Å². The molecule has 3 saturated heterocycles. The number of fused-ring (bicyclic) bond motifs is 1. The molecule has 8 nitrogen and oxygen atoms in total. The largest absolute Gasteiger partial charge is 0.465 e. The second-order valence-corrected chi connectivity index (χ2v) is 10.4. The zero-order chi connectivity index (χ0) is 26.0. The molecular weight excluding hydrogens is 448 g/mol. The first kappa shape index (κ1) is 27.4. The molecule has 3 fully saturated rings. The Morgan fingerprint density at radius 2 is 2.03 bits per heavy atom. The molecule has 0 aromatic heterocycles. The Morgan fingerprint density at radius 3 is 2.60 bits per heavy atom. The van der Waals surface area contributed by atoms with Gasteiger partial charge in [-0.1, -0.05) is 32.4 Å². The van der Waals surface area contributed by atoms with Crippen LogP contribution >= 0.6 is 0 Å². The van der Waals surface area contributed by atoms with E-state index >= 15 is 0 Å². The lowest BCUT2D eigenvalue weighted by molar-refractivity contribution is -0.162. The highest BCUT2D eigenvalue weighted by molar-refractivity contribution is 5.98. The van der Waals surface area contributed by atoms with Gasteiger partial charge in [0.1, 0.15) is 17.6 Å². The van der Waals surface area contributed by atoms with Crippen LogP contribution in [0.25, 0.3) is 0 Å². The number of rotatable bonds is 13. The van der Waals surface area contributed by atoms with Crippen molar-refractivity contribution in [1.29, 1.82) is 0 Å². The zero-order valence-corrected chi connectivity index (χ0v) is 21.7. The number of nitrogens with zero attached hydrogens (tertiary/aromatic N) is 2. The third-order valence-electron chi connectivity index (χ3n) is 8.19. The Hall–Kier alpha value is -2.19. The van der Waals surface area contributed by atoms with Crippen molar-refractivity contribution in [2.75, 3.05) is 19.8 Å². The van der Waals surface area contributed by atoms with Gasteiger partial charge in [0.05, 0.1) is 30.8 Å². The second kappa shape index (κ2) is 10.8. The Kier molecular flexibility index (Phi) is 8.48. The van der Waals surface area contributed by atoms with Gasteiger partial charge in [-0.05, 0) is 46.0 Å². The molecule has 3 aliphatic rings. The summed E-state index contributed by atoms with van der Waals surface area (Å²) < 4.78 is 12.1. The second-order valence-electron chi connectivity index (χ2n) is 10.4. The molecule has 2 bridgehead atoms. The smallest absolute Gasteiger partial charge is 0.312 e. The molecule has 1 spiro atoms. The van der Waals surface area contributed by atoms with E-state index in [0.717, 1.165) is 12.8 Å². The molecule has 3 rings (SSSR count). The van der Waals surface area contributed by atoms with Crippen LogP contribution < -0.4 is 0 Å². The van der Waals surface area contributed by atoms with Crippen LogP contribution in [-0.4, -0.2) is 81.8 Å². The Balaban J connectivity index is 2.08. The lowest BCUT2D eigenvalue weighted by atomic mass is 9.66. The van der Waals surface area contributed by atoms with Crippen LogP contribution in [0.1, 0.15) is 66.2 Å². The van der Waals surface area contributed by atoms with Gasteiger partial charge in [-0.25, -0.2) is 0 Å². The topological polar surface area (TPSA) is 96.4 Å². The monoisotopic (exact) mass is 490 g/mol. The number of carbonyl (C=O) groups is 3. The van der Waals surface area contributed by atoms with Crippen LogP contribution in [0.3, 0.4) is 0 Å². The molecule has 3 unspecified atom stereocenters. The van der Waals surface area contributed by atoms with Crippen molar-refractivity contribution in [3.63, 3.8) is 0 Å². The Morgan fingerprint density at radius 1 is 1.31 bits per heavy atom. The molecule has 1 N–H and O–H groups in total. The van der Waals surface area contributed by atoms with Gasteiger partial charge in [-0.2, -0.15) is 0 Å². The third-order valence-corrected chi connectivity index (χ3v) is 8.19. The third kappa shape index (κ3) is 4.44. The minimum Gasteiger partial charge on any atom is -0.465 e. The number of esters is 1. The summed E-state index contributed by atoms with van der Waals surface area (Å²) in [5.74, 6) is -2.61. The van der Waals surface area contributed by atoms with E-state index in [4.69, 9.17) is 9.47 Å². The van der Waals surface area contributed by atoms with Gasteiger partial charge in [0.2, 0.25) is 11.8 Å². The molecule has 0 aliphatic carbocycles. The van der Waals surface area contributed by atoms with E-state index in [1.54, 1.807) is 17.1 Å². The van der Waals surface area contributed by atoms with E-state index in [9.17, 15) is 19.5 Å². The molecule has 7 atom stereocenters. The highest BCUT2D eigenvalue weighted by atomic mass is 16.6. The fraction of sp³-hybridized carbons (Fsp3) is 0.741. The minimum absolute atomic E-state index is 0.0547. The van der Waals surface area contributed by atoms with E-state index in [0.29, 0.717) is 32.2 Å². The average Bonchev–Trinajstić information content (AvgIpc) is 3.39. The molecule has 0 saturated carbocycles. The van der Waals surface area contributed by atoms with Crippen molar-refractivity contribution in [1.82, 2.24) is 9.80 Å². The molecule has 3 heterocycles. The standard InChI is InChI=1S/C27H42N2O6/c1-7-11-16-34-25(33)21-20-23(31)29(19(10-4)17-30)22(27(20)14-13-26(21,6)35-27)24(32)28(15-9-3)18(5)12-8-2/h7,9,18-22,30H,1,3,8,10-17H2,2,4-6H3/t18?,19-,20-,21-,22?,26+,27?/m0/s1. The van der Waals surface area contributed by atoms with Crippen molar-refractivity contribution in [2.45, 2.75) is 95.5 Å². The maximum atomic E-state index is 14.3. The van der Waals surface area contributed by atoms with Crippen molar-refractivity contribution in [2.24, 2.45) is 11.8 Å². The number of carbonyl (C=O) groups excluding carboxylic acids is 3. The van der Waals surface area contributed by atoms with Crippen LogP contribution in [0.4, 0.5) is 0 Å². The first-order valence-electron chi connectivity index (χ1n) is 13.0. The number of likely N-dealkylation sites (tertiary alicyclic amines) is 1. The van der Waals surface area contributed by atoms with Crippen LogP contribution in [0, 0.1) is 11.8 Å². The summed E-state index contributed by atoms with van der Waals surface area (Å²) in [6.45, 7) is 15.5. The molecule has 196 valence electrons. The van der Waals surface area contributed by atoms with Crippen molar-refractivity contribution in [3.05, 3.63) is 25.3 Å². The molecule has 3 aliphatic heterocycles. The Labute approximate surface area is 209 Å². The summed E-state index contributed by atoms with van der Waals surface area (Å²) in [6, 6.07) is -1.51. The van der Waals surface area contributed by atoms with E-state index in [2.05, 4.69) is 20.1 Å². The number of aliphatic hydroxyl groups excluding tert-OH is 1. The van der Waals surface area contributed by atoms with Gasteiger partial charge in [-0.3, -0.25) is 14.4 Å².